The summed E-state index contributed by atoms with van der Waals surface area (Å²) in [6.07, 6.45) is 6.36. The highest BCUT2D eigenvalue weighted by molar-refractivity contribution is 5.69. The topological polar surface area (TPSA) is 58.4 Å². The predicted octanol–water partition coefficient (Wildman–Crippen LogP) is 1.46. The lowest BCUT2D eigenvalue weighted by Crippen LogP contribution is -2.45. The van der Waals surface area contributed by atoms with Gasteiger partial charge < -0.3 is 9.67 Å². The van der Waals surface area contributed by atoms with Gasteiger partial charge in [-0.3, -0.25) is 9.69 Å². The Balaban J connectivity index is 2.41. The third-order valence-electron chi connectivity index (χ3n) is 2.68. The molecule has 0 unspecified atom stereocenters. The zero-order valence-corrected chi connectivity index (χ0v) is 10.8. The third-order valence-corrected chi connectivity index (χ3v) is 2.68. The Morgan fingerprint density at radius 1 is 1.47 bits per heavy atom. The molecule has 0 aromatic carbocycles. The SMILES string of the molecule is CC(C)(C)N(CCCn1ccnc1)CC(=O)O. The van der Waals surface area contributed by atoms with Gasteiger partial charge in [0, 0.05) is 31.0 Å². The number of aryl methyl sites for hydroxylation is 1. The number of hydrogen-bond donors (Lipinski definition) is 1. The van der Waals surface area contributed by atoms with E-state index in [0.717, 1.165) is 19.5 Å². The first-order chi connectivity index (χ1) is 7.89. The molecule has 0 fully saturated rings. The predicted molar refractivity (Wildman–Crippen MR) is 65.8 cm³/mol. The quantitative estimate of drug-likeness (QED) is 0.816. The van der Waals surface area contributed by atoms with E-state index in [9.17, 15) is 4.79 Å². The molecule has 0 saturated carbocycles. The molecule has 5 nitrogen and oxygen atoms in total. The largest absolute Gasteiger partial charge is 0.480 e. The van der Waals surface area contributed by atoms with Crippen molar-refractivity contribution in [3.05, 3.63) is 18.7 Å². The highest BCUT2D eigenvalue weighted by Crippen LogP contribution is 2.13. The van der Waals surface area contributed by atoms with Crippen LogP contribution in [-0.4, -0.2) is 44.2 Å². The summed E-state index contributed by atoms with van der Waals surface area (Å²) in [5.41, 5.74) is -0.118. The van der Waals surface area contributed by atoms with Crippen molar-refractivity contribution < 1.29 is 9.90 Å². The minimum absolute atomic E-state index is 0.0907. The average Bonchev–Trinajstić information content (AvgIpc) is 2.67. The lowest BCUT2D eigenvalue weighted by Gasteiger charge is -2.34. The van der Waals surface area contributed by atoms with E-state index in [0.29, 0.717) is 0 Å². The molecule has 0 aliphatic carbocycles. The van der Waals surface area contributed by atoms with Crippen molar-refractivity contribution in [2.24, 2.45) is 0 Å². The zero-order chi connectivity index (χ0) is 12.9. The summed E-state index contributed by atoms with van der Waals surface area (Å²) < 4.78 is 2.00. The molecular weight excluding hydrogens is 218 g/mol. The number of rotatable bonds is 6. The first kappa shape index (κ1) is 13.7. The van der Waals surface area contributed by atoms with Gasteiger partial charge in [-0.25, -0.2) is 4.98 Å². The maximum absolute atomic E-state index is 10.8. The highest BCUT2D eigenvalue weighted by Gasteiger charge is 2.22. The maximum atomic E-state index is 10.8. The van der Waals surface area contributed by atoms with Gasteiger partial charge in [0.2, 0.25) is 0 Å². The van der Waals surface area contributed by atoms with Crippen molar-refractivity contribution in [1.82, 2.24) is 14.5 Å². The summed E-state index contributed by atoms with van der Waals surface area (Å²) in [7, 11) is 0. The molecule has 17 heavy (non-hydrogen) atoms. The Labute approximate surface area is 102 Å². The maximum Gasteiger partial charge on any atom is 0.317 e. The minimum atomic E-state index is -0.775. The molecule has 0 bridgehead atoms. The van der Waals surface area contributed by atoms with Crippen LogP contribution in [0, 0.1) is 0 Å². The van der Waals surface area contributed by atoms with Gasteiger partial charge in [0.25, 0.3) is 0 Å². The van der Waals surface area contributed by atoms with Crippen LogP contribution >= 0.6 is 0 Å². The molecule has 0 atom stereocenters. The van der Waals surface area contributed by atoms with Gasteiger partial charge in [-0.1, -0.05) is 0 Å². The molecule has 1 heterocycles. The number of aliphatic carboxylic acids is 1. The Morgan fingerprint density at radius 2 is 2.18 bits per heavy atom. The number of imidazole rings is 1. The molecule has 0 aliphatic heterocycles. The van der Waals surface area contributed by atoms with Crippen molar-refractivity contribution in [2.75, 3.05) is 13.1 Å². The Bertz CT molecular complexity index is 341. The fourth-order valence-electron chi connectivity index (χ4n) is 1.68. The molecule has 1 rings (SSSR count). The van der Waals surface area contributed by atoms with E-state index in [1.165, 1.54) is 0 Å². The van der Waals surface area contributed by atoms with Crippen molar-refractivity contribution in [3.8, 4) is 0 Å². The van der Waals surface area contributed by atoms with E-state index in [4.69, 9.17) is 5.11 Å². The Morgan fingerprint density at radius 3 is 2.65 bits per heavy atom. The van der Waals surface area contributed by atoms with Crippen LogP contribution in [0.1, 0.15) is 27.2 Å². The van der Waals surface area contributed by atoms with Gasteiger partial charge in [0.15, 0.2) is 0 Å². The van der Waals surface area contributed by atoms with Gasteiger partial charge >= 0.3 is 5.97 Å². The van der Waals surface area contributed by atoms with Crippen molar-refractivity contribution in [3.63, 3.8) is 0 Å². The summed E-state index contributed by atoms with van der Waals surface area (Å²) >= 11 is 0. The van der Waals surface area contributed by atoms with E-state index >= 15 is 0 Å². The zero-order valence-electron chi connectivity index (χ0n) is 10.8. The van der Waals surface area contributed by atoms with Crippen LogP contribution in [0.15, 0.2) is 18.7 Å². The monoisotopic (exact) mass is 239 g/mol. The molecule has 1 aromatic heterocycles. The fraction of sp³-hybridized carbons (Fsp3) is 0.667. The van der Waals surface area contributed by atoms with Crippen LogP contribution < -0.4 is 0 Å². The summed E-state index contributed by atoms with van der Waals surface area (Å²) in [5, 5.41) is 8.87. The van der Waals surface area contributed by atoms with Gasteiger partial charge in [0.05, 0.1) is 12.9 Å². The molecule has 5 heteroatoms. The second-order valence-corrected chi connectivity index (χ2v) is 5.14. The second kappa shape index (κ2) is 5.82. The number of hydrogen-bond acceptors (Lipinski definition) is 3. The molecule has 0 amide bonds. The Kier molecular flexibility index (Phi) is 4.69. The van der Waals surface area contributed by atoms with E-state index in [2.05, 4.69) is 4.98 Å². The molecule has 0 radical (unpaired) electrons. The molecule has 0 saturated heterocycles. The average molecular weight is 239 g/mol. The lowest BCUT2D eigenvalue weighted by molar-refractivity contribution is -0.139. The van der Waals surface area contributed by atoms with E-state index in [-0.39, 0.29) is 12.1 Å². The highest BCUT2D eigenvalue weighted by atomic mass is 16.4. The number of carbonyl (C=O) groups is 1. The molecule has 1 aromatic rings. The number of aromatic nitrogens is 2. The smallest absolute Gasteiger partial charge is 0.317 e. The molecule has 0 aliphatic rings. The molecule has 96 valence electrons. The summed E-state index contributed by atoms with van der Waals surface area (Å²) in [6, 6.07) is 0. The van der Waals surface area contributed by atoms with Crippen LogP contribution in [0.3, 0.4) is 0 Å². The number of carboxylic acids is 1. The van der Waals surface area contributed by atoms with E-state index in [1.807, 2.05) is 36.4 Å². The van der Waals surface area contributed by atoms with Crippen LogP contribution in [0.25, 0.3) is 0 Å². The van der Waals surface area contributed by atoms with Crippen LogP contribution in [0.5, 0.6) is 0 Å². The van der Waals surface area contributed by atoms with E-state index < -0.39 is 5.97 Å². The van der Waals surface area contributed by atoms with Gasteiger partial charge in [-0.15, -0.1) is 0 Å². The summed E-state index contributed by atoms with van der Waals surface area (Å²) in [5.74, 6) is -0.775. The third kappa shape index (κ3) is 4.99. The standard InChI is InChI=1S/C12H21N3O2/c1-12(2,3)15(9-11(16)17)7-4-6-14-8-5-13-10-14/h5,8,10H,4,6-7,9H2,1-3H3,(H,16,17). The first-order valence-corrected chi connectivity index (χ1v) is 5.82. The number of nitrogens with zero attached hydrogens (tertiary/aromatic N) is 3. The van der Waals surface area contributed by atoms with Crippen LogP contribution in [0.4, 0.5) is 0 Å². The van der Waals surface area contributed by atoms with Crippen LogP contribution in [-0.2, 0) is 11.3 Å². The minimum Gasteiger partial charge on any atom is -0.480 e. The second-order valence-electron chi connectivity index (χ2n) is 5.14. The van der Waals surface area contributed by atoms with Crippen molar-refractivity contribution in [2.45, 2.75) is 39.3 Å². The number of carboxylic acid groups (broad SMARTS) is 1. The molecular formula is C12H21N3O2. The fourth-order valence-corrected chi connectivity index (χ4v) is 1.68. The van der Waals surface area contributed by atoms with Crippen LogP contribution in [0.2, 0.25) is 0 Å². The Hall–Kier alpha value is -1.36. The van der Waals surface area contributed by atoms with Gasteiger partial charge in [-0.05, 0) is 27.2 Å². The molecule has 0 spiro atoms. The molecule has 1 N–H and O–H groups in total. The van der Waals surface area contributed by atoms with Crippen molar-refractivity contribution in [1.29, 1.82) is 0 Å². The summed E-state index contributed by atoms with van der Waals surface area (Å²) in [4.78, 5) is 16.7. The van der Waals surface area contributed by atoms with Gasteiger partial charge in [0.1, 0.15) is 0 Å². The lowest BCUT2D eigenvalue weighted by atomic mass is 10.1. The van der Waals surface area contributed by atoms with Crippen molar-refractivity contribution >= 4 is 5.97 Å². The summed E-state index contributed by atoms with van der Waals surface area (Å²) in [6.45, 7) is 7.83. The van der Waals surface area contributed by atoms with Gasteiger partial charge in [-0.2, -0.15) is 0 Å². The normalized spacial score (nSPS) is 12.0. The van der Waals surface area contributed by atoms with E-state index in [1.54, 1.807) is 12.5 Å². The first-order valence-electron chi connectivity index (χ1n) is 5.82.